The predicted octanol–water partition coefficient (Wildman–Crippen LogP) is -1.38. The molecule has 9 nitrogen and oxygen atoms in total. The third-order valence-corrected chi connectivity index (χ3v) is 4.84. The van der Waals surface area contributed by atoms with Crippen molar-refractivity contribution in [2.75, 3.05) is 32.1 Å². The SMILES string of the molecule is NC(=O)C(CO)(CO)CCO.O=S(=O)(O)CCNC1CCCCC1. The van der Waals surface area contributed by atoms with Gasteiger partial charge >= 0.3 is 0 Å². The van der Waals surface area contributed by atoms with Crippen LogP contribution in [0.4, 0.5) is 0 Å². The van der Waals surface area contributed by atoms with Gasteiger partial charge in [0, 0.05) is 19.2 Å². The Bertz CT molecular complexity index is 446. The molecule has 0 saturated heterocycles. The molecule has 10 heteroatoms. The maximum Gasteiger partial charge on any atom is 0.266 e. The fourth-order valence-corrected chi connectivity index (χ4v) is 2.78. The van der Waals surface area contributed by atoms with Crippen LogP contribution in [0.15, 0.2) is 0 Å². The summed E-state index contributed by atoms with van der Waals surface area (Å²) in [5, 5.41) is 29.0. The zero-order chi connectivity index (χ0) is 18.6. The highest BCUT2D eigenvalue weighted by molar-refractivity contribution is 7.85. The number of nitrogens with one attached hydrogen (secondary N) is 1. The fourth-order valence-electron chi connectivity index (χ4n) is 2.40. The Morgan fingerprint density at radius 1 is 1.12 bits per heavy atom. The lowest BCUT2D eigenvalue weighted by Crippen LogP contribution is -2.44. The van der Waals surface area contributed by atoms with Crippen molar-refractivity contribution < 1.29 is 33.1 Å². The van der Waals surface area contributed by atoms with E-state index in [4.69, 9.17) is 25.6 Å². The zero-order valence-corrected chi connectivity index (χ0v) is 14.7. The van der Waals surface area contributed by atoms with Gasteiger partial charge in [-0.25, -0.2) is 0 Å². The Morgan fingerprint density at radius 2 is 1.67 bits per heavy atom. The minimum absolute atomic E-state index is 0.0185. The number of amides is 1. The van der Waals surface area contributed by atoms with Gasteiger partial charge < -0.3 is 26.4 Å². The molecule has 1 saturated carbocycles. The average Bonchev–Trinajstić information content (AvgIpc) is 2.53. The van der Waals surface area contributed by atoms with Gasteiger partial charge in [0.1, 0.15) is 0 Å². The van der Waals surface area contributed by atoms with Crippen LogP contribution in [0.1, 0.15) is 38.5 Å². The molecular weight excluding hydrogens is 340 g/mol. The van der Waals surface area contributed by atoms with Crippen LogP contribution >= 0.6 is 0 Å². The molecule has 7 N–H and O–H groups in total. The molecule has 144 valence electrons. The first-order chi connectivity index (χ1) is 11.2. The molecule has 1 fully saturated rings. The smallest absolute Gasteiger partial charge is 0.266 e. The normalized spacial score (nSPS) is 16.3. The Hall–Kier alpha value is -0.780. The lowest BCUT2D eigenvalue weighted by molar-refractivity contribution is -0.134. The summed E-state index contributed by atoms with van der Waals surface area (Å²) in [5.74, 6) is -0.972. The van der Waals surface area contributed by atoms with E-state index in [0.29, 0.717) is 12.6 Å². The molecule has 24 heavy (non-hydrogen) atoms. The lowest BCUT2D eigenvalue weighted by atomic mass is 9.86. The number of aliphatic hydroxyl groups excluding tert-OH is 3. The van der Waals surface area contributed by atoms with Gasteiger partial charge in [-0.05, 0) is 19.3 Å². The molecule has 0 aromatic heterocycles. The highest BCUT2D eigenvalue weighted by Crippen LogP contribution is 2.19. The van der Waals surface area contributed by atoms with E-state index in [1.165, 1.54) is 19.3 Å². The third kappa shape index (κ3) is 9.50. The van der Waals surface area contributed by atoms with Gasteiger partial charge in [0.15, 0.2) is 0 Å². The molecule has 1 aliphatic carbocycles. The monoisotopic (exact) mass is 370 g/mol. The summed E-state index contributed by atoms with van der Waals surface area (Å²) in [7, 11) is -3.79. The summed E-state index contributed by atoms with van der Waals surface area (Å²) in [5.41, 5.74) is 3.54. The molecule has 1 amide bonds. The average molecular weight is 370 g/mol. The second-order valence-electron chi connectivity index (χ2n) is 6.01. The number of hydrogen-bond donors (Lipinski definition) is 6. The van der Waals surface area contributed by atoms with E-state index < -0.39 is 34.7 Å². The summed E-state index contributed by atoms with van der Waals surface area (Å²) in [6.07, 6.45) is 5.98. The van der Waals surface area contributed by atoms with Crippen LogP contribution in [-0.2, 0) is 14.9 Å². The summed E-state index contributed by atoms with van der Waals surface area (Å²) >= 11 is 0. The largest absolute Gasteiger partial charge is 0.396 e. The molecule has 0 bridgehead atoms. The molecule has 0 heterocycles. The van der Waals surface area contributed by atoms with Crippen molar-refractivity contribution in [1.82, 2.24) is 5.32 Å². The Balaban J connectivity index is 0.000000449. The number of carbonyl (C=O) groups is 1. The number of aliphatic hydroxyl groups is 3. The van der Waals surface area contributed by atoms with Crippen LogP contribution in [0.3, 0.4) is 0 Å². The van der Waals surface area contributed by atoms with Crippen LogP contribution < -0.4 is 11.1 Å². The summed E-state index contributed by atoms with van der Waals surface area (Å²) < 4.78 is 29.3. The maximum atomic E-state index is 10.7. The van der Waals surface area contributed by atoms with Crippen LogP contribution in [0.5, 0.6) is 0 Å². The molecule has 0 spiro atoms. The Labute approximate surface area is 143 Å². The van der Waals surface area contributed by atoms with Gasteiger partial charge in [-0.1, -0.05) is 19.3 Å². The molecular formula is C14H30N2O7S. The van der Waals surface area contributed by atoms with E-state index in [1.54, 1.807) is 0 Å². The van der Waals surface area contributed by atoms with Gasteiger partial charge in [0.05, 0.1) is 24.4 Å². The van der Waals surface area contributed by atoms with E-state index >= 15 is 0 Å². The van der Waals surface area contributed by atoms with Crippen molar-refractivity contribution in [1.29, 1.82) is 0 Å². The van der Waals surface area contributed by atoms with Gasteiger partial charge in [0.2, 0.25) is 5.91 Å². The summed E-state index contributed by atoms with van der Waals surface area (Å²) in [6.45, 7) is -1.01. The summed E-state index contributed by atoms with van der Waals surface area (Å²) in [4.78, 5) is 10.7. The molecule has 0 atom stereocenters. The molecule has 0 aliphatic heterocycles. The fraction of sp³-hybridized carbons (Fsp3) is 0.929. The highest BCUT2D eigenvalue weighted by atomic mass is 32.2. The topological polar surface area (TPSA) is 170 Å². The number of nitrogens with two attached hydrogens (primary N) is 1. The predicted molar refractivity (Wildman–Crippen MR) is 88.8 cm³/mol. The molecule has 1 aliphatic rings. The molecule has 0 radical (unpaired) electrons. The van der Waals surface area contributed by atoms with Gasteiger partial charge in [-0.3, -0.25) is 9.35 Å². The third-order valence-electron chi connectivity index (χ3n) is 4.12. The molecule has 0 aromatic rings. The van der Waals surface area contributed by atoms with E-state index in [1.807, 2.05) is 0 Å². The minimum Gasteiger partial charge on any atom is -0.396 e. The van der Waals surface area contributed by atoms with Crippen molar-refractivity contribution in [2.24, 2.45) is 11.1 Å². The summed E-state index contributed by atoms with van der Waals surface area (Å²) in [6, 6.07) is 0.454. The Morgan fingerprint density at radius 3 is 2.00 bits per heavy atom. The number of carbonyl (C=O) groups excluding carboxylic acids is 1. The molecule has 0 aromatic carbocycles. The van der Waals surface area contributed by atoms with Crippen molar-refractivity contribution >= 4 is 16.0 Å². The van der Waals surface area contributed by atoms with Crippen molar-refractivity contribution in [3.05, 3.63) is 0 Å². The van der Waals surface area contributed by atoms with Gasteiger partial charge in [0.25, 0.3) is 10.1 Å². The van der Waals surface area contributed by atoms with E-state index in [9.17, 15) is 13.2 Å². The van der Waals surface area contributed by atoms with Crippen molar-refractivity contribution in [2.45, 2.75) is 44.6 Å². The first-order valence-corrected chi connectivity index (χ1v) is 9.62. The molecule has 0 unspecified atom stereocenters. The van der Waals surface area contributed by atoms with Crippen LogP contribution in [0.25, 0.3) is 0 Å². The lowest BCUT2D eigenvalue weighted by Gasteiger charge is -2.24. The van der Waals surface area contributed by atoms with Crippen LogP contribution in [0.2, 0.25) is 0 Å². The van der Waals surface area contributed by atoms with Crippen LogP contribution in [-0.4, -0.2) is 72.4 Å². The molecule has 1 rings (SSSR count). The minimum atomic E-state index is -3.79. The number of rotatable bonds is 9. The second kappa shape index (κ2) is 11.7. The van der Waals surface area contributed by atoms with Crippen LogP contribution in [0, 0.1) is 5.41 Å². The zero-order valence-electron chi connectivity index (χ0n) is 13.9. The van der Waals surface area contributed by atoms with Gasteiger partial charge in [-0.15, -0.1) is 0 Å². The van der Waals surface area contributed by atoms with E-state index in [2.05, 4.69) is 5.32 Å². The number of primary amides is 1. The van der Waals surface area contributed by atoms with Gasteiger partial charge in [-0.2, -0.15) is 8.42 Å². The number of hydrogen-bond acceptors (Lipinski definition) is 7. The first kappa shape index (κ1) is 23.2. The van der Waals surface area contributed by atoms with Crippen molar-refractivity contribution in [3.63, 3.8) is 0 Å². The van der Waals surface area contributed by atoms with Crippen molar-refractivity contribution in [3.8, 4) is 0 Å². The maximum absolute atomic E-state index is 10.7. The quantitative estimate of drug-likeness (QED) is 0.270. The Kier molecular flexibility index (Phi) is 11.3. The van der Waals surface area contributed by atoms with E-state index in [-0.39, 0.29) is 18.8 Å². The van der Waals surface area contributed by atoms with E-state index in [0.717, 1.165) is 12.8 Å². The standard InChI is InChI=1S/C8H17NO3S.C6H13NO4/c10-13(11,12)7-6-9-8-4-2-1-3-5-8;7-5(11)6(3-9,4-10)1-2-8/h8-9H,1-7H2,(H,10,11,12);8-10H,1-4H2,(H2,7,11). The highest BCUT2D eigenvalue weighted by Gasteiger charge is 2.34. The second-order valence-corrected chi connectivity index (χ2v) is 7.58. The first-order valence-electron chi connectivity index (χ1n) is 8.02.